The molecule has 8 nitrogen and oxygen atoms in total. The second-order valence-corrected chi connectivity index (χ2v) is 11.3. The number of hydrogen-bond acceptors (Lipinski definition) is 6. The van der Waals surface area contributed by atoms with Crippen LogP contribution in [0.3, 0.4) is 0 Å². The summed E-state index contributed by atoms with van der Waals surface area (Å²) >= 11 is 0. The van der Waals surface area contributed by atoms with Crippen molar-refractivity contribution in [3.05, 3.63) is 29.3 Å². The Morgan fingerprint density at radius 1 is 1.29 bits per heavy atom. The molecule has 2 aromatic rings. The zero-order chi connectivity index (χ0) is 24.4. The first-order chi connectivity index (χ1) is 16.7. The topological polar surface area (TPSA) is 81.5 Å². The number of piperidine rings is 2. The van der Waals surface area contributed by atoms with Gasteiger partial charge in [-0.25, -0.2) is 14.2 Å². The van der Waals surface area contributed by atoms with Crippen LogP contribution in [-0.4, -0.2) is 57.5 Å². The lowest BCUT2D eigenvalue weighted by atomic mass is 9.80. The smallest absolute Gasteiger partial charge is 0.409 e. The van der Waals surface area contributed by atoms with Crippen molar-refractivity contribution in [3.63, 3.8) is 0 Å². The van der Waals surface area contributed by atoms with Gasteiger partial charge < -0.3 is 19.7 Å². The van der Waals surface area contributed by atoms with Crippen LogP contribution in [0.2, 0.25) is 0 Å². The summed E-state index contributed by atoms with van der Waals surface area (Å²) in [5.41, 5.74) is 2.81. The number of aromatic nitrogens is 3. The van der Waals surface area contributed by atoms with Gasteiger partial charge in [0.2, 0.25) is 5.88 Å². The highest BCUT2D eigenvalue weighted by molar-refractivity contribution is 5.73. The molecule has 1 aliphatic carbocycles. The van der Waals surface area contributed by atoms with E-state index < -0.39 is 11.4 Å². The van der Waals surface area contributed by atoms with Gasteiger partial charge in [-0.2, -0.15) is 5.10 Å². The van der Waals surface area contributed by atoms with Crippen LogP contribution in [-0.2, 0) is 10.3 Å². The molecule has 4 aliphatic rings. The zero-order valence-corrected chi connectivity index (χ0v) is 20.8. The van der Waals surface area contributed by atoms with Gasteiger partial charge in [-0.15, -0.1) is 0 Å². The quantitative estimate of drug-likeness (QED) is 0.700. The standard InChI is InChI=1S/C26H34FN5O3/c1-16-21-22(30-32(16)19-6-9-29-25(2,3)13-19)20-12-18(27)14-28-23(20)35-26(21)7-10-31(11-8-26)24(33)34-15-17-4-5-17/h12,14,17,19,29H,4-11,13,15H2,1-3H3. The molecule has 1 amide bonds. The lowest BCUT2D eigenvalue weighted by molar-refractivity contribution is -0.00969. The van der Waals surface area contributed by atoms with E-state index >= 15 is 0 Å². The largest absolute Gasteiger partial charge is 0.465 e. The van der Waals surface area contributed by atoms with Gasteiger partial charge in [0.15, 0.2) is 0 Å². The van der Waals surface area contributed by atoms with Crippen LogP contribution in [0.1, 0.15) is 69.7 Å². The van der Waals surface area contributed by atoms with Crippen LogP contribution in [0.15, 0.2) is 12.3 Å². The Labute approximate surface area is 205 Å². The van der Waals surface area contributed by atoms with Gasteiger partial charge in [0.25, 0.3) is 0 Å². The number of hydrogen-bond donors (Lipinski definition) is 1. The molecule has 6 rings (SSSR count). The molecule has 35 heavy (non-hydrogen) atoms. The Morgan fingerprint density at radius 2 is 2.06 bits per heavy atom. The van der Waals surface area contributed by atoms with Gasteiger partial charge in [0, 0.05) is 42.7 Å². The third kappa shape index (κ3) is 4.07. The van der Waals surface area contributed by atoms with Gasteiger partial charge in [-0.05, 0) is 65.0 Å². The summed E-state index contributed by atoms with van der Waals surface area (Å²) < 4.78 is 28.5. The number of nitrogens with one attached hydrogen (secondary N) is 1. The fourth-order valence-electron chi connectivity index (χ4n) is 6.04. The summed E-state index contributed by atoms with van der Waals surface area (Å²) in [4.78, 5) is 18.7. The second kappa shape index (κ2) is 8.18. The van der Waals surface area contributed by atoms with Gasteiger partial charge in [0.1, 0.15) is 17.1 Å². The van der Waals surface area contributed by atoms with E-state index in [1.807, 2.05) is 0 Å². The monoisotopic (exact) mass is 483 g/mol. The van der Waals surface area contributed by atoms with Crippen molar-refractivity contribution in [2.24, 2.45) is 5.92 Å². The van der Waals surface area contributed by atoms with Crippen molar-refractivity contribution in [1.82, 2.24) is 25.0 Å². The van der Waals surface area contributed by atoms with Crippen LogP contribution in [0.4, 0.5) is 9.18 Å². The summed E-state index contributed by atoms with van der Waals surface area (Å²) in [5, 5.41) is 8.66. The minimum atomic E-state index is -0.648. The minimum absolute atomic E-state index is 0.0216. The van der Waals surface area contributed by atoms with E-state index in [9.17, 15) is 9.18 Å². The third-order valence-electron chi connectivity index (χ3n) is 8.11. The average Bonchev–Trinajstić information content (AvgIpc) is 3.58. The molecule has 3 fully saturated rings. The van der Waals surface area contributed by atoms with E-state index in [4.69, 9.17) is 14.6 Å². The number of amides is 1. The van der Waals surface area contributed by atoms with Crippen molar-refractivity contribution in [2.45, 2.75) is 76.5 Å². The summed E-state index contributed by atoms with van der Waals surface area (Å²) in [6, 6.07) is 1.72. The maximum Gasteiger partial charge on any atom is 0.409 e. The Morgan fingerprint density at radius 3 is 2.77 bits per heavy atom. The third-order valence-corrected chi connectivity index (χ3v) is 8.11. The number of fused-ring (bicyclic) bond motifs is 4. The predicted octanol–water partition coefficient (Wildman–Crippen LogP) is 4.33. The van der Waals surface area contributed by atoms with Crippen LogP contribution in [0.25, 0.3) is 11.3 Å². The lowest BCUT2D eigenvalue weighted by Gasteiger charge is -2.43. The molecule has 1 spiro atoms. The van der Waals surface area contributed by atoms with Crippen molar-refractivity contribution >= 4 is 6.09 Å². The number of rotatable bonds is 3. The molecule has 188 valence electrons. The molecule has 0 radical (unpaired) electrons. The molecule has 9 heteroatoms. The van der Waals surface area contributed by atoms with E-state index in [0.29, 0.717) is 49.9 Å². The average molecular weight is 484 g/mol. The summed E-state index contributed by atoms with van der Waals surface area (Å²) in [5.74, 6) is 0.548. The van der Waals surface area contributed by atoms with E-state index in [-0.39, 0.29) is 17.7 Å². The molecular weight excluding hydrogens is 449 g/mol. The van der Waals surface area contributed by atoms with Crippen LogP contribution in [0.5, 0.6) is 5.88 Å². The molecular formula is C26H34FN5O3. The highest BCUT2D eigenvalue weighted by Gasteiger charge is 2.49. The molecule has 1 N–H and O–H groups in total. The normalized spacial score (nSPS) is 24.5. The number of pyridine rings is 1. The Bertz CT molecular complexity index is 1150. The molecule has 2 saturated heterocycles. The molecule has 5 heterocycles. The van der Waals surface area contributed by atoms with Crippen molar-refractivity contribution < 1.29 is 18.7 Å². The first-order valence-electron chi connectivity index (χ1n) is 12.9. The summed E-state index contributed by atoms with van der Waals surface area (Å²) in [6.45, 7) is 9.04. The van der Waals surface area contributed by atoms with Gasteiger partial charge >= 0.3 is 6.09 Å². The fraction of sp³-hybridized carbons (Fsp3) is 0.654. The Hall–Kier alpha value is -2.68. The first-order valence-corrected chi connectivity index (χ1v) is 12.9. The number of ether oxygens (including phenoxy) is 2. The number of carbonyl (C=O) groups is 1. The highest BCUT2D eigenvalue weighted by atomic mass is 19.1. The van der Waals surface area contributed by atoms with Crippen molar-refractivity contribution in [3.8, 4) is 17.1 Å². The molecule has 1 unspecified atom stereocenters. The van der Waals surface area contributed by atoms with Gasteiger partial charge in [-0.1, -0.05) is 0 Å². The van der Waals surface area contributed by atoms with Crippen LogP contribution < -0.4 is 10.1 Å². The molecule has 3 aliphatic heterocycles. The highest BCUT2D eigenvalue weighted by Crippen LogP contribution is 2.50. The summed E-state index contributed by atoms with van der Waals surface area (Å²) in [6.07, 6.45) is 6.41. The van der Waals surface area contributed by atoms with E-state index in [2.05, 4.69) is 35.8 Å². The molecule has 2 aromatic heterocycles. The maximum atomic E-state index is 14.2. The first kappa shape index (κ1) is 22.8. The predicted molar refractivity (Wildman–Crippen MR) is 128 cm³/mol. The van der Waals surface area contributed by atoms with Gasteiger partial charge in [0.05, 0.1) is 24.4 Å². The number of nitrogens with zero attached hydrogens (tertiary/aromatic N) is 4. The van der Waals surface area contributed by atoms with Crippen LogP contribution >= 0.6 is 0 Å². The lowest BCUT2D eigenvalue weighted by Crippen LogP contribution is -2.49. The number of carbonyl (C=O) groups excluding carboxylic acids is 1. The number of likely N-dealkylation sites (tertiary alicyclic amines) is 1. The molecule has 0 bridgehead atoms. The Kier molecular flexibility index (Phi) is 5.32. The molecule has 0 aromatic carbocycles. The number of halogens is 1. The van der Waals surface area contributed by atoms with Crippen molar-refractivity contribution in [1.29, 1.82) is 0 Å². The van der Waals surface area contributed by atoms with E-state index in [0.717, 1.165) is 49.2 Å². The fourth-order valence-corrected chi connectivity index (χ4v) is 6.04. The minimum Gasteiger partial charge on any atom is -0.465 e. The van der Waals surface area contributed by atoms with Crippen LogP contribution in [0, 0.1) is 18.7 Å². The molecule has 1 atom stereocenters. The van der Waals surface area contributed by atoms with E-state index in [1.165, 1.54) is 12.3 Å². The van der Waals surface area contributed by atoms with Gasteiger partial charge in [-0.3, -0.25) is 4.68 Å². The van der Waals surface area contributed by atoms with E-state index in [1.54, 1.807) is 4.90 Å². The second-order valence-electron chi connectivity index (χ2n) is 11.3. The maximum absolute atomic E-state index is 14.2. The SMILES string of the molecule is Cc1c2c(nn1C1CCNC(C)(C)C1)-c1cc(F)cnc1OC21CCN(C(=O)OCC2CC2)CC1. The van der Waals surface area contributed by atoms with Crippen molar-refractivity contribution in [2.75, 3.05) is 26.2 Å². The summed E-state index contributed by atoms with van der Waals surface area (Å²) in [7, 11) is 0. The Balaban J connectivity index is 1.34. The molecule has 1 saturated carbocycles. The zero-order valence-electron chi connectivity index (χ0n) is 20.8.